The molecule has 102 valence electrons. The van der Waals surface area contributed by atoms with Gasteiger partial charge in [0.1, 0.15) is 5.75 Å². The minimum absolute atomic E-state index is 0.426. The van der Waals surface area contributed by atoms with Crippen LogP contribution in [0.15, 0.2) is 36.4 Å². The lowest BCUT2D eigenvalue weighted by molar-refractivity contribution is 0.419. The van der Waals surface area contributed by atoms with E-state index in [-0.39, 0.29) is 0 Å². The number of ether oxygens (including phenoxy) is 1. The van der Waals surface area contributed by atoms with Crippen molar-refractivity contribution in [1.29, 1.82) is 0 Å². The van der Waals surface area contributed by atoms with Crippen molar-refractivity contribution in [3.63, 3.8) is 0 Å². The van der Waals surface area contributed by atoms with Crippen molar-refractivity contribution in [2.45, 2.75) is 37.4 Å². The molecule has 0 N–H and O–H groups in total. The van der Waals surface area contributed by atoms with E-state index in [4.69, 9.17) is 4.74 Å². The van der Waals surface area contributed by atoms with E-state index >= 15 is 0 Å². The second-order valence-corrected chi connectivity index (χ2v) is 5.97. The van der Waals surface area contributed by atoms with E-state index in [0.717, 1.165) is 5.75 Å². The standard InChI is InChI=1S/C17H21BrO/c1-3-4-5-10-16(18)14-11-12-17(19-2)15-9-7-6-8-13(14)15/h6-9,11-12,16H,3-5,10H2,1-2H3. The monoisotopic (exact) mass is 320 g/mol. The molecule has 0 radical (unpaired) electrons. The highest BCUT2D eigenvalue weighted by Gasteiger charge is 2.12. The topological polar surface area (TPSA) is 9.23 Å². The van der Waals surface area contributed by atoms with Gasteiger partial charge in [-0.05, 0) is 23.4 Å². The van der Waals surface area contributed by atoms with Crippen LogP contribution in [0.25, 0.3) is 10.8 Å². The van der Waals surface area contributed by atoms with Gasteiger partial charge >= 0.3 is 0 Å². The number of hydrogen-bond acceptors (Lipinski definition) is 1. The lowest BCUT2D eigenvalue weighted by Crippen LogP contribution is -1.94. The van der Waals surface area contributed by atoms with E-state index in [1.54, 1.807) is 7.11 Å². The number of halogens is 1. The number of fused-ring (bicyclic) bond motifs is 1. The largest absolute Gasteiger partial charge is 0.496 e. The van der Waals surface area contributed by atoms with Crippen LogP contribution in [-0.4, -0.2) is 7.11 Å². The molecule has 0 aliphatic carbocycles. The Labute approximate surface area is 124 Å². The summed E-state index contributed by atoms with van der Waals surface area (Å²) in [6, 6.07) is 12.7. The average molecular weight is 321 g/mol. The number of methoxy groups -OCH3 is 1. The maximum Gasteiger partial charge on any atom is 0.126 e. The summed E-state index contributed by atoms with van der Waals surface area (Å²) in [5.74, 6) is 0.951. The molecule has 0 amide bonds. The molecule has 2 heteroatoms. The molecule has 1 nitrogen and oxygen atoms in total. The Kier molecular flexibility index (Phi) is 5.26. The van der Waals surface area contributed by atoms with Gasteiger partial charge in [0, 0.05) is 10.2 Å². The summed E-state index contributed by atoms with van der Waals surface area (Å²) < 4.78 is 5.45. The van der Waals surface area contributed by atoms with Crippen molar-refractivity contribution < 1.29 is 4.74 Å². The molecule has 0 aliphatic rings. The van der Waals surface area contributed by atoms with Gasteiger partial charge in [-0.25, -0.2) is 0 Å². The quantitative estimate of drug-likeness (QED) is 0.478. The Morgan fingerprint density at radius 1 is 1.05 bits per heavy atom. The Hall–Kier alpha value is -1.02. The molecule has 2 aromatic rings. The molecule has 0 heterocycles. The normalized spacial score (nSPS) is 12.6. The first-order valence-electron chi connectivity index (χ1n) is 6.97. The van der Waals surface area contributed by atoms with Crippen LogP contribution in [0, 0.1) is 0 Å². The lowest BCUT2D eigenvalue weighted by atomic mass is 9.98. The summed E-state index contributed by atoms with van der Waals surface area (Å²) in [5, 5.41) is 2.49. The van der Waals surface area contributed by atoms with Crippen molar-refractivity contribution >= 4 is 26.7 Å². The maximum atomic E-state index is 5.45. The number of rotatable bonds is 6. The fraction of sp³-hybridized carbons (Fsp3) is 0.412. The Bertz CT molecular complexity index is 536. The van der Waals surface area contributed by atoms with Gasteiger partial charge < -0.3 is 4.74 Å². The minimum Gasteiger partial charge on any atom is -0.496 e. The molecule has 0 spiro atoms. The van der Waals surface area contributed by atoms with E-state index in [9.17, 15) is 0 Å². The van der Waals surface area contributed by atoms with Gasteiger partial charge in [0.15, 0.2) is 0 Å². The molecule has 0 saturated carbocycles. The molecule has 0 saturated heterocycles. The Balaban J connectivity index is 2.33. The number of unbranched alkanes of at least 4 members (excludes halogenated alkanes) is 2. The fourth-order valence-corrected chi connectivity index (χ4v) is 3.20. The fourth-order valence-electron chi connectivity index (χ4n) is 2.47. The molecule has 1 atom stereocenters. The lowest BCUT2D eigenvalue weighted by Gasteiger charge is -2.15. The molecule has 0 aromatic heterocycles. The first kappa shape index (κ1) is 14.4. The third-order valence-corrected chi connectivity index (χ3v) is 4.49. The highest BCUT2D eigenvalue weighted by atomic mass is 79.9. The zero-order chi connectivity index (χ0) is 13.7. The highest BCUT2D eigenvalue weighted by Crippen LogP contribution is 2.37. The summed E-state index contributed by atoms with van der Waals surface area (Å²) in [6.45, 7) is 2.24. The zero-order valence-corrected chi connectivity index (χ0v) is 13.2. The molecule has 0 aliphatic heterocycles. The molecule has 0 fully saturated rings. The summed E-state index contributed by atoms with van der Waals surface area (Å²) in [7, 11) is 1.73. The van der Waals surface area contributed by atoms with Crippen molar-refractivity contribution in [2.75, 3.05) is 7.11 Å². The van der Waals surface area contributed by atoms with Gasteiger partial charge in [0.05, 0.1) is 7.11 Å². The van der Waals surface area contributed by atoms with E-state index in [2.05, 4.69) is 59.3 Å². The third-order valence-electron chi connectivity index (χ3n) is 3.54. The van der Waals surface area contributed by atoms with Crippen LogP contribution >= 0.6 is 15.9 Å². The van der Waals surface area contributed by atoms with Crippen LogP contribution < -0.4 is 4.74 Å². The Morgan fingerprint density at radius 3 is 2.47 bits per heavy atom. The van der Waals surface area contributed by atoms with Gasteiger partial charge in [-0.1, -0.05) is 72.4 Å². The molecule has 1 unspecified atom stereocenters. The van der Waals surface area contributed by atoms with Crippen LogP contribution in [0.2, 0.25) is 0 Å². The maximum absolute atomic E-state index is 5.45. The molecule has 19 heavy (non-hydrogen) atoms. The predicted molar refractivity (Wildman–Crippen MR) is 86.3 cm³/mol. The van der Waals surface area contributed by atoms with Crippen LogP contribution in [-0.2, 0) is 0 Å². The van der Waals surface area contributed by atoms with Gasteiger partial charge in [-0.3, -0.25) is 0 Å². The van der Waals surface area contributed by atoms with Crippen LogP contribution in [0.3, 0.4) is 0 Å². The van der Waals surface area contributed by atoms with Gasteiger partial charge in [0.25, 0.3) is 0 Å². The van der Waals surface area contributed by atoms with E-state index in [1.807, 2.05) is 0 Å². The second kappa shape index (κ2) is 6.95. The number of alkyl halides is 1. The second-order valence-electron chi connectivity index (χ2n) is 4.87. The van der Waals surface area contributed by atoms with Crippen molar-refractivity contribution in [1.82, 2.24) is 0 Å². The van der Waals surface area contributed by atoms with Gasteiger partial charge in [-0.15, -0.1) is 0 Å². The predicted octanol–water partition coefficient (Wildman–Crippen LogP) is 5.86. The van der Waals surface area contributed by atoms with Gasteiger partial charge in [0.2, 0.25) is 0 Å². The van der Waals surface area contributed by atoms with Crippen LogP contribution in [0.5, 0.6) is 5.75 Å². The minimum atomic E-state index is 0.426. The first-order valence-corrected chi connectivity index (χ1v) is 7.89. The van der Waals surface area contributed by atoms with E-state index in [0.29, 0.717) is 4.83 Å². The molecule has 2 aromatic carbocycles. The summed E-state index contributed by atoms with van der Waals surface area (Å²) in [5.41, 5.74) is 1.37. The smallest absolute Gasteiger partial charge is 0.126 e. The van der Waals surface area contributed by atoms with Gasteiger partial charge in [-0.2, -0.15) is 0 Å². The summed E-state index contributed by atoms with van der Waals surface area (Å²) >= 11 is 3.84. The highest BCUT2D eigenvalue weighted by molar-refractivity contribution is 9.09. The third kappa shape index (κ3) is 3.30. The van der Waals surface area contributed by atoms with Crippen molar-refractivity contribution in [2.24, 2.45) is 0 Å². The number of benzene rings is 2. The summed E-state index contributed by atoms with van der Waals surface area (Å²) in [4.78, 5) is 0.426. The van der Waals surface area contributed by atoms with Crippen molar-refractivity contribution in [3.8, 4) is 5.75 Å². The molecule has 2 rings (SSSR count). The SMILES string of the molecule is CCCCCC(Br)c1ccc(OC)c2ccccc12. The molecular weight excluding hydrogens is 300 g/mol. The number of hydrogen-bond donors (Lipinski definition) is 0. The van der Waals surface area contributed by atoms with Crippen LogP contribution in [0.1, 0.15) is 43.0 Å². The average Bonchev–Trinajstić information content (AvgIpc) is 2.46. The van der Waals surface area contributed by atoms with E-state index < -0.39 is 0 Å². The van der Waals surface area contributed by atoms with Crippen molar-refractivity contribution in [3.05, 3.63) is 42.0 Å². The molecular formula is C17H21BrO. The summed E-state index contributed by atoms with van der Waals surface area (Å²) in [6.07, 6.45) is 5.02. The Morgan fingerprint density at radius 2 is 1.79 bits per heavy atom. The first-order chi connectivity index (χ1) is 9.27. The van der Waals surface area contributed by atoms with Crippen LogP contribution in [0.4, 0.5) is 0 Å². The van der Waals surface area contributed by atoms with E-state index in [1.165, 1.54) is 42.0 Å². The zero-order valence-electron chi connectivity index (χ0n) is 11.7. The molecule has 0 bridgehead atoms.